The largest absolute Gasteiger partial charge is 0.368 e. The Bertz CT molecular complexity index is 453. The van der Waals surface area contributed by atoms with E-state index >= 15 is 0 Å². The van der Waals surface area contributed by atoms with Gasteiger partial charge in [0.05, 0.1) is 10.6 Å². The maximum absolute atomic E-state index is 10.8. The molecule has 5 heteroatoms. The molecule has 0 amide bonds. The number of rotatable bonds is 2. The maximum atomic E-state index is 10.8. The lowest BCUT2D eigenvalue weighted by molar-refractivity contribution is -0.385. The standard InChI is InChI=1S/C13H17BrN2O2/c1-9-7-11(16(17)18)8-12(14)13(9)15-6-4-3-5-10(15)2/h7-8,10H,3-6H2,1-2H3. The van der Waals surface area contributed by atoms with Crippen LogP contribution in [-0.2, 0) is 0 Å². The molecule has 0 radical (unpaired) electrons. The van der Waals surface area contributed by atoms with Gasteiger partial charge in [-0.15, -0.1) is 0 Å². The van der Waals surface area contributed by atoms with E-state index in [2.05, 4.69) is 27.8 Å². The third-order valence-corrected chi connectivity index (χ3v) is 4.14. The fourth-order valence-corrected chi connectivity index (χ4v) is 3.39. The summed E-state index contributed by atoms with van der Waals surface area (Å²) in [5.41, 5.74) is 2.21. The molecule has 0 spiro atoms. The summed E-state index contributed by atoms with van der Waals surface area (Å²) in [4.78, 5) is 12.8. The van der Waals surface area contributed by atoms with Crippen LogP contribution in [0.1, 0.15) is 31.7 Å². The molecule has 1 unspecified atom stereocenters. The van der Waals surface area contributed by atoms with Crippen LogP contribution in [0.15, 0.2) is 16.6 Å². The number of halogens is 1. The zero-order valence-electron chi connectivity index (χ0n) is 10.6. The number of piperidine rings is 1. The van der Waals surface area contributed by atoms with Crippen LogP contribution in [0.3, 0.4) is 0 Å². The van der Waals surface area contributed by atoms with Crippen LogP contribution < -0.4 is 4.90 Å². The summed E-state index contributed by atoms with van der Waals surface area (Å²) in [5.74, 6) is 0. The van der Waals surface area contributed by atoms with Crippen molar-refractivity contribution in [2.75, 3.05) is 11.4 Å². The van der Waals surface area contributed by atoms with Crippen molar-refractivity contribution in [1.29, 1.82) is 0 Å². The second kappa shape index (κ2) is 5.26. The number of nitro groups is 1. The number of hydrogen-bond donors (Lipinski definition) is 0. The highest BCUT2D eigenvalue weighted by Crippen LogP contribution is 2.37. The van der Waals surface area contributed by atoms with E-state index < -0.39 is 0 Å². The van der Waals surface area contributed by atoms with Crippen LogP contribution >= 0.6 is 15.9 Å². The minimum atomic E-state index is -0.346. The van der Waals surface area contributed by atoms with Gasteiger partial charge in [-0.25, -0.2) is 0 Å². The van der Waals surface area contributed by atoms with E-state index in [1.165, 1.54) is 19.3 Å². The number of non-ortho nitro benzene ring substituents is 1. The molecule has 0 bridgehead atoms. The Labute approximate surface area is 115 Å². The van der Waals surface area contributed by atoms with Gasteiger partial charge in [0.25, 0.3) is 5.69 Å². The molecule has 0 aliphatic carbocycles. The van der Waals surface area contributed by atoms with Gasteiger partial charge in [0.1, 0.15) is 0 Å². The van der Waals surface area contributed by atoms with Crippen molar-refractivity contribution in [2.45, 2.75) is 39.2 Å². The van der Waals surface area contributed by atoms with Crippen LogP contribution in [0.2, 0.25) is 0 Å². The smallest absolute Gasteiger partial charge is 0.270 e. The Morgan fingerprint density at radius 1 is 1.44 bits per heavy atom. The number of aryl methyl sites for hydroxylation is 1. The molecule has 4 nitrogen and oxygen atoms in total. The summed E-state index contributed by atoms with van der Waals surface area (Å²) < 4.78 is 0.822. The molecular weight excluding hydrogens is 296 g/mol. The van der Waals surface area contributed by atoms with Crippen molar-refractivity contribution in [3.8, 4) is 0 Å². The van der Waals surface area contributed by atoms with E-state index in [4.69, 9.17) is 0 Å². The highest BCUT2D eigenvalue weighted by atomic mass is 79.9. The average Bonchev–Trinajstić information content (AvgIpc) is 2.30. The first-order chi connectivity index (χ1) is 8.50. The molecule has 1 atom stereocenters. The molecule has 1 aromatic carbocycles. The highest BCUT2D eigenvalue weighted by molar-refractivity contribution is 9.10. The zero-order chi connectivity index (χ0) is 13.3. The number of benzene rings is 1. The summed E-state index contributed by atoms with van der Waals surface area (Å²) in [7, 11) is 0. The van der Waals surface area contributed by atoms with Gasteiger partial charge in [0, 0.05) is 29.2 Å². The van der Waals surface area contributed by atoms with Gasteiger partial charge in [0.15, 0.2) is 0 Å². The van der Waals surface area contributed by atoms with Crippen LogP contribution in [-0.4, -0.2) is 17.5 Å². The topological polar surface area (TPSA) is 46.4 Å². The monoisotopic (exact) mass is 312 g/mol. The molecule has 0 aromatic heterocycles. The van der Waals surface area contributed by atoms with Crippen molar-refractivity contribution in [3.05, 3.63) is 32.3 Å². The Hall–Kier alpha value is -1.10. The molecule has 98 valence electrons. The Kier molecular flexibility index (Phi) is 3.90. The van der Waals surface area contributed by atoms with Gasteiger partial charge in [-0.05, 0) is 54.6 Å². The molecular formula is C13H17BrN2O2. The van der Waals surface area contributed by atoms with Gasteiger partial charge < -0.3 is 4.90 Å². The van der Waals surface area contributed by atoms with Crippen LogP contribution in [0.5, 0.6) is 0 Å². The number of nitro benzene ring substituents is 1. The molecule has 1 aliphatic heterocycles. The Balaban J connectivity index is 2.41. The molecule has 1 aromatic rings. The van der Waals surface area contributed by atoms with Gasteiger partial charge >= 0.3 is 0 Å². The molecule has 1 saturated heterocycles. The van der Waals surface area contributed by atoms with Crippen molar-refractivity contribution in [3.63, 3.8) is 0 Å². The highest BCUT2D eigenvalue weighted by Gasteiger charge is 2.23. The lowest BCUT2D eigenvalue weighted by Crippen LogP contribution is -2.38. The fourth-order valence-electron chi connectivity index (χ4n) is 2.62. The Morgan fingerprint density at radius 2 is 2.17 bits per heavy atom. The van der Waals surface area contributed by atoms with E-state index in [0.29, 0.717) is 6.04 Å². The molecule has 1 aliphatic rings. The van der Waals surface area contributed by atoms with Crippen LogP contribution in [0, 0.1) is 17.0 Å². The lowest BCUT2D eigenvalue weighted by atomic mass is 10.0. The average molecular weight is 313 g/mol. The lowest BCUT2D eigenvalue weighted by Gasteiger charge is -2.37. The molecule has 1 heterocycles. The summed E-state index contributed by atoms with van der Waals surface area (Å²) in [6.45, 7) is 5.18. The minimum Gasteiger partial charge on any atom is -0.368 e. The molecule has 2 rings (SSSR count). The Morgan fingerprint density at radius 3 is 2.72 bits per heavy atom. The van der Waals surface area contributed by atoms with E-state index in [-0.39, 0.29) is 10.6 Å². The van der Waals surface area contributed by atoms with Crippen molar-refractivity contribution >= 4 is 27.3 Å². The third kappa shape index (κ3) is 2.51. The molecule has 0 N–H and O–H groups in total. The van der Waals surface area contributed by atoms with Crippen molar-refractivity contribution < 1.29 is 4.92 Å². The van der Waals surface area contributed by atoms with E-state index in [9.17, 15) is 10.1 Å². The predicted octanol–water partition coefficient (Wildman–Crippen LogP) is 4.04. The third-order valence-electron chi connectivity index (χ3n) is 3.54. The van der Waals surface area contributed by atoms with Crippen molar-refractivity contribution in [2.24, 2.45) is 0 Å². The quantitative estimate of drug-likeness (QED) is 0.611. The summed E-state index contributed by atoms with van der Waals surface area (Å²) in [6.07, 6.45) is 3.64. The number of nitrogens with zero attached hydrogens (tertiary/aromatic N) is 2. The van der Waals surface area contributed by atoms with Crippen molar-refractivity contribution in [1.82, 2.24) is 0 Å². The first-order valence-electron chi connectivity index (χ1n) is 6.22. The second-order valence-corrected chi connectivity index (χ2v) is 5.74. The summed E-state index contributed by atoms with van der Waals surface area (Å²) >= 11 is 3.48. The first-order valence-corrected chi connectivity index (χ1v) is 7.01. The summed E-state index contributed by atoms with van der Waals surface area (Å²) in [6, 6.07) is 3.75. The minimum absolute atomic E-state index is 0.146. The number of anilines is 1. The van der Waals surface area contributed by atoms with Gasteiger partial charge in [-0.2, -0.15) is 0 Å². The first kappa shape index (κ1) is 13.3. The van der Waals surface area contributed by atoms with Gasteiger partial charge in [-0.1, -0.05) is 0 Å². The van der Waals surface area contributed by atoms with E-state index in [1.54, 1.807) is 12.1 Å². The zero-order valence-corrected chi connectivity index (χ0v) is 12.2. The maximum Gasteiger partial charge on any atom is 0.270 e. The summed E-state index contributed by atoms with van der Waals surface area (Å²) in [5, 5.41) is 10.8. The molecule has 18 heavy (non-hydrogen) atoms. The number of hydrogen-bond acceptors (Lipinski definition) is 3. The molecule has 0 saturated carbocycles. The predicted molar refractivity (Wildman–Crippen MR) is 76.2 cm³/mol. The van der Waals surface area contributed by atoms with Gasteiger partial charge in [0.2, 0.25) is 0 Å². The van der Waals surface area contributed by atoms with E-state index in [1.807, 2.05) is 6.92 Å². The molecule has 1 fully saturated rings. The second-order valence-electron chi connectivity index (χ2n) is 4.89. The van der Waals surface area contributed by atoms with Crippen LogP contribution in [0.4, 0.5) is 11.4 Å². The SMILES string of the molecule is Cc1cc([N+](=O)[O-])cc(Br)c1N1CCCCC1C. The fraction of sp³-hybridized carbons (Fsp3) is 0.538. The van der Waals surface area contributed by atoms with Gasteiger partial charge in [-0.3, -0.25) is 10.1 Å². The normalized spacial score (nSPS) is 19.9. The van der Waals surface area contributed by atoms with Crippen LogP contribution in [0.25, 0.3) is 0 Å². The van der Waals surface area contributed by atoms with E-state index in [0.717, 1.165) is 22.3 Å².